The van der Waals surface area contributed by atoms with Crippen LogP contribution in [0, 0.1) is 17.3 Å². The molecule has 3 atom stereocenters. The zero-order valence-corrected chi connectivity index (χ0v) is 12.0. The lowest BCUT2D eigenvalue weighted by atomic mass is 9.61. The Balaban J connectivity index is 2.81. The summed E-state index contributed by atoms with van der Waals surface area (Å²) in [6, 6.07) is 0.198. The van der Waals surface area contributed by atoms with Crippen molar-refractivity contribution in [1.29, 1.82) is 0 Å². The van der Waals surface area contributed by atoms with Crippen molar-refractivity contribution in [1.82, 2.24) is 0 Å². The van der Waals surface area contributed by atoms with E-state index >= 15 is 0 Å². The molecule has 0 radical (unpaired) electrons. The van der Waals surface area contributed by atoms with E-state index in [1.165, 1.54) is 0 Å². The predicted octanol–water partition coefficient (Wildman–Crippen LogP) is 2.73. The Morgan fingerprint density at radius 1 is 1.29 bits per heavy atom. The SMILES string of the molecule is CC1C(N)CCC(C(=O)OC(C)(C)C)C1(C)C. The van der Waals surface area contributed by atoms with Gasteiger partial charge in [-0.05, 0) is 44.9 Å². The average Bonchev–Trinajstić information content (AvgIpc) is 2.11. The molecule has 100 valence electrons. The standard InChI is InChI=1S/C14H27NO2/c1-9-11(15)8-7-10(14(9,5)6)12(16)17-13(2,3)4/h9-11H,7-8,15H2,1-6H3. The molecule has 3 heteroatoms. The van der Waals surface area contributed by atoms with Crippen LogP contribution in [0.25, 0.3) is 0 Å². The number of hydrogen-bond acceptors (Lipinski definition) is 3. The smallest absolute Gasteiger partial charge is 0.310 e. The van der Waals surface area contributed by atoms with Crippen molar-refractivity contribution in [2.24, 2.45) is 23.0 Å². The van der Waals surface area contributed by atoms with Crippen LogP contribution in [0.5, 0.6) is 0 Å². The maximum Gasteiger partial charge on any atom is 0.310 e. The van der Waals surface area contributed by atoms with E-state index in [1.807, 2.05) is 20.8 Å². The molecule has 0 aromatic rings. The lowest BCUT2D eigenvalue weighted by molar-refractivity contribution is -0.168. The zero-order valence-electron chi connectivity index (χ0n) is 12.0. The van der Waals surface area contributed by atoms with E-state index in [2.05, 4.69) is 20.8 Å². The Morgan fingerprint density at radius 3 is 2.29 bits per heavy atom. The molecule has 0 bridgehead atoms. The van der Waals surface area contributed by atoms with Crippen molar-refractivity contribution in [3.63, 3.8) is 0 Å². The molecule has 0 aromatic heterocycles. The third-order valence-electron chi connectivity index (χ3n) is 4.19. The highest BCUT2D eigenvalue weighted by molar-refractivity contribution is 5.74. The van der Waals surface area contributed by atoms with Crippen molar-refractivity contribution in [3.8, 4) is 0 Å². The maximum atomic E-state index is 12.2. The van der Waals surface area contributed by atoms with Crippen LogP contribution in [0.4, 0.5) is 0 Å². The molecule has 2 N–H and O–H groups in total. The van der Waals surface area contributed by atoms with E-state index in [1.54, 1.807) is 0 Å². The second kappa shape index (κ2) is 4.60. The number of nitrogens with two attached hydrogens (primary N) is 1. The fourth-order valence-corrected chi connectivity index (χ4v) is 2.64. The number of rotatable bonds is 1. The quantitative estimate of drug-likeness (QED) is 0.718. The molecule has 0 spiro atoms. The molecule has 0 heterocycles. The monoisotopic (exact) mass is 241 g/mol. The number of esters is 1. The highest BCUT2D eigenvalue weighted by Crippen LogP contribution is 2.45. The van der Waals surface area contributed by atoms with Gasteiger partial charge in [0.05, 0.1) is 5.92 Å². The van der Waals surface area contributed by atoms with E-state index in [9.17, 15) is 4.79 Å². The van der Waals surface area contributed by atoms with Crippen LogP contribution < -0.4 is 5.73 Å². The van der Waals surface area contributed by atoms with E-state index in [0.29, 0.717) is 5.92 Å². The largest absolute Gasteiger partial charge is 0.460 e. The minimum absolute atomic E-state index is 0.0310. The van der Waals surface area contributed by atoms with Gasteiger partial charge in [-0.2, -0.15) is 0 Å². The molecule has 0 saturated heterocycles. The molecule has 3 unspecified atom stereocenters. The van der Waals surface area contributed by atoms with Crippen molar-refractivity contribution in [3.05, 3.63) is 0 Å². The summed E-state index contributed by atoms with van der Waals surface area (Å²) in [7, 11) is 0. The Kier molecular flexibility index (Phi) is 3.92. The molecule has 3 nitrogen and oxygen atoms in total. The van der Waals surface area contributed by atoms with Crippen molar-refractivity contribution in [2.75, 3.05) is 0 Å². The van der Waals surface area contributed by atoms with E-state index in [0.717, 1.165) is 12.8 Å². The minimum Gasteiger partial charge on any atom is -0.460 e. The highest BCUT2D eigenvalue weighted by atomic mass is 16.6. The Labute approximate surface area is 105 Å². The highest BCUT2D eigenvalue weighted by Gasteiger charge is 2.46. The van der Waals surface area contributed by atoms with Gasteiger partial charge in [-0.1, -0.05) is 20.8 Å². The molecule has 1 fully saturated rings. The summed E-state index contributed by atoms with van der Waals surface area (Å²) in [4.78, 5) is 12.2. The second-order valence-electron chi connectivity index (χ2n) is 6.94. The van der Waals surface area contributed by atoms with Crippen LogP contribution in [-0.2, 0) is 9.53 Å². The van der Waals surface area contributed by atoms with E-state index < -0.39 is 5.60 Å². The number of carbonyl (C=O) groups is 1. The van der Waals surface area contributed by atoms with Gasteiger partial charge < -0.3 is 10.5 Å². The minimum atomic E-state index is -0.407. The normalized spacial score (nSPS) is 33.2. The Bertz CT molecular complexity index is 291. The Hall–Kier alpha value is -0.570. The van der Waals surface area contributed by atoms with Gasteiger partial charge in [0.1, 0.15) is 5.60 Å². The summed E-state index contributed by atoms with van der Waals surface area (Å²) in [5.74, 6) is 0.242. The molecule has 17 heavy (non-hydrogen) atoms. The van der Waals surface area contributed by atoms with Crippen molar-refractivity contribution in [2.45, 2.75) is 66.0 Å². The van der Waals surface area contributed by atoms with Gasteiger partial charge in [0.2, 0.25) is 0 Å². The third kappa shape index (κ3) is 3.21. The molecule has 1 aliphatic carbocycles. The molecule has 0 aromatic carbocycles. The van der Waals surface area contributed by atoms with Gasteiger partial charge in [0.15, 0.2) is 0 Å². The van der Waals surface area contributed by atoms with Crippen LogP contribution in [0.3, 0.4) is 0 Å². The molecule has 0 aliphatic heterocycles. The van der Waals surface area contributed by atoms with Gasteiger partial charge in [-0.25, -0.2) is 0 Å². The predicted molar refractivity (Wildman–Crippen MR) is 69.5 cm³/mol. The van der Waals surface area contributed by atoms with Gasteiger partial charge >= 0.3 is 5.97 Å². The van der Waals surface area contributed by atoms with Crippen LogP contribution in [-0.4, -0.2) is 17.6 Å². The zero-order chi connectivity index (χ0) is 13.4. The molecule has 1 saturated carbocycles. The second-order valence-corrected chi connectivity index (χ2v) is 6.94. The summed E-state index contributed by atoms with van der Waals surface area (Å²) in [5, 5.41) is 0. The lowest BCUT2D eigenvalue weighted by Crippen LogP contribution is -2.50. The number of ether oxygens (including phenoxy) is 1. The topological polar surface area (TPSA) is 52.3 Å². The molecule has 1 aliphatic rings. The molecule has 1 rings (SSSR count). The summed E-state index contributed by atoms with van der Waals surface area (Å²) in [6.07, 6.45) is 1.75. The van der Waals surface area contributed by atoms with Crippen LogP contribution in [0.2, 0.25) is 0 Å². The first kappa shape index (κ1) is 14.5. The molecular weight excluding hydrogens is 214 g/mol. The number of hydrogen-bond donors (Lipinski definition) is 1. The average molecular weight is 241 g/mol. The van der Waals surface area contributed by atoms with Gasteiger partial charge in [-0.15, -0.1) is 0 Å². The first-order chi connectivity index (χ1) is 7.55. The van der Waals surface area contributed by atoms with Gasteiger partial charge in [-0.3, -0.25) is 4.79 Å². The van der Waals surface area contributed by atoms with Crippen LogP contribution in [0.1, 0.15) is 54.4 Å². The first-order valence-electron chi connectivity index (χ1n) is 6.54. The molecular formula is C14H27NO2. The van der Waals surface area contributed by atoms with Gasteiger partial charge in [0.25, 0.3) is 0 Å². The number of carbonyl (C=O) groups excluding carboxylic acids is 1. The van der Waals surface area contributed by atoms with Crippen LogP contribution >= 0.6 is 0 Å². The maximum absolute atomic E-state index is 12.2. The lowest BCUT2D eigenvalue weighted by Gasteiger charge is -2.46. The fraction of sp³-hybridized carbons (Fsp3) is 0.929. The van der Waals surface area contributed by atoms with Crippen LogP contribution in [0.15, 0.2) is 0 Å². The fourth-order valence-electron chi connectivity index (χ4n) is 2.64. The van der Waals surface area contributed by atoms with Crippen molar-refractivity contribution < 1.29 is 9.53 Å². The summed E-state index contributed by atoms with van der Waals surface area (Å²) in [6.45, 7) is 12.1. The van der Waals surface area contributed by atoms with E-state index in [4.69, 9.17) is 10.5 Å². The van der Waals surface area contributed by atoms with Gasteiger partial charge in [0, 0.05) is 6.04 Å². The summed E-state index contributed by atoms with van der Waals surface area (Å²) in [5.41, 5.74) is 5.60. The summed E-state index contributed by atoms with van der Waals surface area (Å²) < 4.78 is 5.52. The summed E-state index contributed by atoms with van der Waals surface area (Å²) >= 11 is 0. The van der Waals surface area contributed by atoms with E-state index in [-0.39, 0.29) is 23.3 Å². The Morgan fingerprint density at radius 2 is 1.82 bits per heavy atom. The first-order valence-corrected chi connectivity index (χ1v) is 6.54. The van der Waals surface area contributed by atoms with Crippen molar-refractivity contribution >= 4 is 5.97 Å². The third-order valence-corrected chi connectivity index (χ3v) is 4.19. The molecule has 0 amide bonds.